The summed E-state index contributed by atoms with van der Waals surface area (Å²) >= 11 is 0. The van der Waals surface area contributed by atoms with Crippen LogP contribution < -0.4 is 14.2 Å². The van der Waals surface area contributed by atoms with Crippen molar-refractivity contribution in [3.63, 3.8) is 0 Å². The molecule has 0 saturated carbocycles. The number of benzene rings is 2. The second-order valence-electron chi connectivity index (χ2n) is 4.27. The van der Waals surface area contributed by atoms with Crippen LogP contribution in [0, 0.1) is 0 Å². The van der Waals surface area contributed by atoms with E-state index in [9.17, 15) is 14.7 Å². The third-order valence-electron chi connectivity index (χ3n) is 3.14. The number of phenolic OH excluding ortho intramolecular Hbond substituents is 1. The number of rotatable bonds is 3. The molecule has 0 saturated heterocycles. The number of fused-ring (bicyclic) bond motifs is 2. The van der Waals surface area contributed by atoms with E-state index in [0.717, 1.165) is 0 Å². The van der Waals surface area contributed by atoms with E-state index in [1.807, 2.05) is 0 Å². The Morgan fingerprint density at radius 3 is 2.10 bits per heavy atom. The summed E-state index contributed by atoms with van der Waals surface area (Å²) in [5.41, 5.74) is 0.197. The molecule has 1 aliphatic heterocycles. The lowest BCUT2D eigenvalue weighted by Gasteiger charge is -2.23. The minimum absolute atomic E-state index is 0.0124. The van der Waals surface area contributed by atoms with Gasteiger partial charge in [-0.3, -0.25) is 9.59 Å². The number of ether oxygens (including phenoxy) is 3. The van der Waals surface area contributed by atoms with Crippen LogP contribution in [0.4, 0.5) is 0 Å². The molecule has 2 aromatic rings. The SMILES string of the molecule is COc1ccc2c(c1C=O)Oc1ccc(O)c(C=O)c1O2. The van der Waals surface area contributed by atoms with E-state index in [0.29, 0.717) is 18.3 Å². The average Bonchev–Trinajstić information content (AvgIpc) is 2.51. The molecule has 1 N–H and O–H groups in total. The van der Waals surface area contributed by atoms with Gasteiger partial charge in [-0.2, -0.15) is 0 Å². The Morgan fingerprint density at radius 2 is 1.52 bits per heavy atom. The third-order valence-corrected chi connectivity index (χ3v) is 3.14. The molecule has 106 valence electrons. The van der Waals surface area contributed by atoms with E-state index in [4.69, 9.17) is 14.2 Å². The fraction of sp³-hybridized carbons (Fsp3) is 0.0667. The fourth-order valence-electron chi connectivity index (χ4n) is 2.13. The van der Waals surface area contributed by atoms with Crippen molar-refractivity contribution in [3.05, 3.63) is 35.4 Å². The summed E-state index contributed by atoms with van der Waals surface area (Å²) in [5, 5.41) is 9.65. The van der Waals surface area contributed by atoms with Crippen LogP contribution in [-0.2, 0) is 0 Å². The molecule has 2 aromatic carbocycles. The van der Waals surface area contributed by atoms with Crippen molar-refractivity contribution < 1.29 is 28.9 Å². The Bertz CT molecular complexity index is 750. The Hall–Kier alpha value is -3.02. The van der Waals surface area contributed by atoms with E-state index in [1.165, 1.54) is 19.2 Å². The quantitative estimate of drug-likeness (QED) is 0.745. The molecule has 6 heteroatoms. The van der Waals surface area contributed by atoms with Crippen LogP contribution >= 0.6 is 0 Å². The summed E-state index contributed by atoms with van der Waals surface area (Å²) in [6, 6.07) is 5.88. The summed E-state index contributed by atoms with van der Waals surface area (Å²) < 4.78 is 16.3. The van der Waals surface area contributed by atoms with Gasteiger partial charge in [0.15, 0.2) is 35.6 Å². The van der Waals surface area contributed by atoms with Gasteiger partial charge in [0.2, 0.25) is 0 Å². The highest BCUT2D eigenvalue weighted by molar-refractivity contribution is 5.89. The molecule has 0 amide bonds. The highest BCUT2D eigenvalue weighted by Gasteiger charge is 2.27. The normalized spacial score (nSPS) is 11.5. The molecule has 0 unspecified atom stereocenters. The molecular formula is C15H10O6. The molecular weight excluding hydrogens is 276 g/mol. The van der Waals surface area contributed by atoms with Crippen molar-refractivity contribution in [1.82, 2.24) is 0 Å². The van der Waals surface area contributed by atoms with Crippen LogP contribution in [0.3, 0.4) is 0 Å². The number of aldehydes is 2. The van der Waals surface area contributed by atoms with Gasteiger partial charge in [0.25, 0.3) is 0 Å². The van der Waals surface area contributed by atoms with Gasteiger partial charge in [-0.25, -0.2) is 0 Å². The van der Waals surface area contributed by atoms with Gasteiger partial charge in [-0.05, 0) is 24.3 Å². The molecule has 0 fully saturated rings. The summed E-state index contributed by atoms with van der Waals surface area (Å²) in [4.78, 5) is 22.3. The van der Waals surface area contributed by atoms with Crippen molar-refractivity contribution in [1.29, 1.82) is 0 Å². The zero-order valence-corrected chi connectivity index (χ0v) is 11.0. The summed E-state index contributed by atoms with van der Waals surface area (Å²) in [6.45, 7) is 0. The first-order chi connectivity index (χ1) is 10.2. The number of carbonyl (C=O) groups is 2. The monoisotopic (exact) mass is 286 g/mol. The van der Waals surface area contributed by atoms with Crippen molar-refractivity contribution in [2.75, 3.05) is 7.11 Å². The van der Waals surface area contributed by atoms with Gasteiger partial charge >= 0.3 is 0 Å². The van der Waals surface area contributed by atoms with Gasteiger partial charge in [0.05, 0.1) is 7.11 Å². The molecule has 6 nitrogen and oxygen atoms in total. The molecule has 3 rings (SSSR count). The van der Waals surface area contributed by atoms with Crippen molar-refractivity contribution in [2.24, 2.45) is 0 Å². The van der Waals surface area contributed by atoms with Crippen LogP contribution in [0.1, 0.15) is 20.7 Å². The predicted octanol–water partition coefficient (Wildman–Crippen LogP) is 2.92. The maximum absolute atomic E-state index is 11.2. The Kier molecular flexibility index (Phi) is 2.98. The first-order valence-corrected chi connectivity index (χ1v) is 6.02. The van der Waals surface area contributed by atoms with Gasteiger partial charge in [0.1, 0.15) is 22.6 Å². The van der Waals surface area contributed by atoms with E-state index in [-0.39, 0.29) is 39.9 Å². The summed E-state index contributed by atoms with van der Waals surface area (Å²) in [5.74, 6) is 0.960. The number of methoxy groups -OCH3 is 1. The smallest absolute Gasteiger partial charge is 0.184 e. The Labute approximate surface area is 119 Å². The average molecular weight is 286 g/mol. The van der Waals surface area contributed by atoms with Crippen LogP contribution in [0.5, 0.6) is 34.5 Å². The molecule has 0 radical (unpaired) electrons. The molecule has 0 spiro atoms. The van der Waals surface area contributed by atoms with Crippen LogP contribution in [-0.4, -0.2) is 24.8 Å². The topological polar surface area (TPSA) is 82.1 Å². The minimum atomic E-state index is -0.208. The van der Waals surface area contributed by atoms with E-state index in [2.05, 4.69) is 0 Å². The Morgan fingerprint density at radius 1 is 0.952 bits per heavy atom. The van der Waals surface area contributed by atoms with Gasteiger partial charge in [-0.15, -0.1) is 0 Å². The molecule has 0 aromatic heterocycles. The molecule has 0 atom stereocenters. The summed E-state index contributed by atoms with van der Waals surface area (Å²) in [7, 11) is 1.44. The van der Waals surface area contributed by atoms with E-state index < -0.39 is 0 Å². The van der Waals surface area contributed by atoms with Gasteiger partial charge in [-0.1, -0.05) is 0 Å². The van der Waals surface area contributed by atoms with Gasteiger partial charge in [0, 0.05) is 0 Å². The zero-order valence-electron chi connectivity index (χ0n) is 11.0. The number of carbonyl (C=O) groups excluding carboxylic acids is 2. The minimum Gasteiger partial charge on any atom is -0.507 e. The van der Waals surface area contributed by atoms with E-state index in [1.54, 1.807) is 12.1 Å². The third kappa shape index (κ3) is 1.88. The highest BCUT2D eigenvalue weighted by Crippen LogP contribution is 2.50. The highest BCUT2D eigenvalue weighted by atomic mass is 16.6. The maximum Gasteiger partial charge on any atom is 0.184 e. The second kappa shape index (κ2) is 4.82. The number of hydrogen-bond acceptors (Lipinski definition) is 6. The van der Waals surface area contributed by atoms with E-state index >= 15 is 0 Å². The van der Waals surface area contributed by atoms with Gasteiger partial charge < -0.3 is 19.3 Å². The molecule has 21 heavy (non-hydrogen) atoms. The van der Waals surface area contributed by atoms with Crippen molar-refractivity contribution >= 4 is 12.6 Å². The Balaban J connectivity index is 2.18. The van der Waals surface area contributed by atoms with Crippen LogP contribution in [0.15, 0.2) is 24.3 Å². The molecule has 1 heterocycles. The molecule has 0 bridgehead atoms. The maximum atomic E-state index is 11.2. The lowest BCUT2D eigenvalue weighted by atomic mass is 10.1. The number of phenols is 1. The predicted molar refractivity (Wildman–Crippen MR) is 72.0 cm³/mol. The standard InChI is InChI=1S/C15H10O6/c1-19-11-4-5-13-15(9(11)7-17)21-12-3-2-10(18)8(6-16)14(12)20-13/h2-7,18H,1H3. The fourth-order valence-corrected chi connectivity index (χ4v) is 2.13. The zero-order chi connectivity index (χ0) is 15.0. The van der Waals surface area contributed by atoms with Crippen molar-refractivity contribution in [2.45, 2.75) is 0 Å². The molecule has 0 aliphatic carbocycles. The lowest BCUT2D eigenvalue weighted by molar-refractivity contribution is 0.110. The lowest BCUT2D eigenvalue weighted by Crippen LogP contribution is -2.05. The summed E-state index contributed by atoms with van der Waals surface area (Å²) in [6.07, 6.45) is 1.08. The molecule has 1 aliphatic rings. The second-order valence-corrected chi connectivity index (χ2v) is 4.27. The van der Waals surface area contributed by atoms with Crippen LogP contribution in [0.2, 0.25) is 0 Å². The van der Waals surface area contributed by atoms with Crippen LogP contribution in [0.25, 0.3) is 0 Å². The number of aromatic hydroxyl groups is 1. The first kappa shape index (κ1) is 13.0. The van der Waals surface area contributed by atoms with Crippen molar-refractivity contribution in [3.8, 4) is 34.5 Å². The largest absolute Gasteiger partial charge is 0.507 e. The first-order valence-electron chi connectivity index (χ1n) is 6.02. The number of hydrogen-bond donors (Lipinski definition) is 1.